The standard InChI is InChI=1S/C12H24N2O3S/c1-2-11-3-8-14(9-11)18(16,17)13-6-4-12(10-15)5-7-13/h11-12,15H,2-10H2,1H3. The van der Waals surface area contributed by atoms with Gasteiger partial charge in [-0.3, -0.25) is 0 Å². The largest absolute Gasteiger partial charge is 0.396 e. The second kappa shape index (κ2) is 5.86. The number of nitrogens with zero attached hydrogens (tertiary/aromatic N) is 2. The molecule has 0 bridgehead atoms. The van der Waals surface area contributed by atoms with Crippen LogP contribution in [0.5, 0.6) is 0 Å². The third kappa shape index (κ3) is 2.87. The Kier molecular flexibility index (Phi) is 4.64. The Morgan fingerprint density at radius 2 is 1.61 bits per heavy atom. The molecule has 0 aromatic carbocycles. The molecule has 0 aromatic rings. The Labute approximate surface area is 110 Å². The van der Waals surface area contributed by atoms with E-state index in [0.29, 0.717) is 32.1 Å². The summed E-state index contributed by atoms with van der Waals surface area (Å²) in [7, 11) is -3.25. The molecular formula is C12H24N2O3S. The zero-order valence-corrected chi connectivity index (χ0v) is 11.9. The second-order valence-electron chi connectivity index (χ2n) is 5.45. The average molecular weight is 276 g/mol. The molecule has 2 aliphatic rings. The van der Waals surface area contributed by atoms with Gasteiger partial charge in [0, 0.05) is 32.8 Å². The van der Waals surface area contributed by atoms with E-state index < -0.39 is 10.2 Å². The number of rotatable bonds is 4. The van der Waals surface area contributed by atoms with E-state index in [4.69, 9.17) is 5.11 Å². The molecule has 6 heteroatoms. The molecule has 18 heavy (non-hydrogen) atoms. The molecule has 0 spiro atoms. The number of aliphatic hydroxyl groups is 1. The highest BCUT2D eigenvalue weighted by Gasteiger charge is 2.36. The lowest BCUT2D eigenvalue weighted by Gasteiger charge is -2.33. The van der Waals surface area contributed by atoms with Crippen LogP contribution in [-0.4, -0.2) is 54.9 Å². The fourth-order valence-electron chi connectivity index (χ4n) is 2.83. The van der Waals surface area contributed by atoms with Gasteiger partial charge in [0.15, 0.2) is 0 Å². The molecule has 1 unspecified atom stereocenters. The summed E-state index contributed by atoms with van der Waals surface area (Å²) >= 11 is 0. The summed E-state index contributed by atoms with van der Waals surface area (Å²) in [4.78, 5) is 0. The molecule has 5 nitrogen and oxygen atoms in total. The van der Waals surface area contributed by atoms with Crippen LogP contribution < -0.4 is 0 Å². The predicted molar refractivity (Wildman–Crippen MR) is 70.3 cm³/mol. The van der Waals surface area contributed by atoms with Crippen molar-refractivity contribution < 1.29 is 13.5 Å². The summed E-state index contributed by atoms with van der Waals surface area (Å²) < 4.78 is 28.1. The highest BCUT2D eigenvalue weighted by Crippen LogP contribution is 2.26. The maximum atomic E-state index is 12.4. The molecule has 1 atom stereocenters. The first kappa shape index (κ1) is 14.2. The zero-order chi connectivity index (χ0) is 13.2. The second-order valence-corrected chi connectivity index (χ2v) is 7.38. The van der Waals surface area contributed by atoms with E-state index >= 15 is 0 Å². The van der Waals surface area contributed by atoms with Gasteiger partial charge in [0.05, 0.1) is 0 Å². The Balaban J connectivity index is 1.95. The number of piperidine rings is 1. The monoisotopic (exact) mass is 276 g/mol. The maximum absolute atomic E-state index is 12.4. The van der Waals surface area contributed by atoms with Crippen LogP contribution in [0.1, 0.15) is 32.6 Å². The quantitative estimate of drug-likeness (QED) is 0.821. The van der Waals surface area contributed by atoms with Crippen molar-refractivity contribution in [3.8, 4) is 0 Å². The summed E-state index contributed by atoms with van der Waals surface area (Å²) in [6.07, 6.45) is 3.60. The van der Waals surface area contributed by atoms with Gasteiger partial charge in [0.1, 0.15) is 0 Å². The molecule has 2 aliphatic heterocycles. The molecule has 2 rings (SSSR count). The SMILES string of the molecule is CCC1CCN(S(=O)(=O)N2CCC(CO)CC2)C1. The smallest absolute Gasteiger partial charge is 0.281 e. The van der Waals surface area contributed by atoms with Crippen LogP contribution in [0.15, 0.2) is 0 Å². The highest BCUT2D eigenvalue weighted by atomic mass is 32.2. The Morgan fingerprint density at radius 1 is 1.06 bits per heavy atom. The van der Waals surface area contributed by atoms with Crippen LogP contribution in [0, 0.1) is 11.8 Å². The van der Waals surface area contributed by atoms with Gasteiger partial charge >= 0.3 is 0 Å². The highest BCUT2D eigenvalue weighted by molar-refractivity contribution is 7.86. The first-order valence-corrected chi connectivity index (χ1v) is 8.33. The topological polar surface area (TPSA) is 60.9 Å². The molecule has 2 heterocycles. The van der Waals surface area contributed by atoms with Gasteiger partial charge < -0.3 is 5.11 Å². The molecule has 0 radical (unpaired) electrons. The van der Waals surface area contributed by atoms with Gasteiger partial charge in [-0.2, -0.15) is 17.0 Å². The number of hydrogen-bond donors (Lipinski definition) is 1. The van der Waals surface area contributed by atoms with E-state index in [1.165, 1.54) is 0 Å². The third-order valence-corrected chi connectivity index (χ3v) is 6.31. The molecule has 2 saturated heterocycles. The third-order valence-electron chi connectivity index (χ3n) is 4.31. The van der Waals surface area contributed by atoms with Crippen LogP contribution in [0.25, 0.3) is 0 Å². The van der Waals surface area contributed by atoms with Crippen molar-refractivity contribution in [3.63, 3.8) is 0 Å². The summed E-state index contributed by atoms with van der Waals surface area (Å²) in [5.74, 6) is 0.799. The Morgan fingerprint density at radius 3 is 2.11 bits per heavy atom. The van der Waals surface area contributed by atoms with E-state index in [1.54, 1.807) is 8.61 Å². The first-order valence-electron chi connectivity index (χ1n) is 6.94. The number of hydrogen-bond acceptors (Lipinski definition) is 3. The van der Waals surface area contributed by atoms with Crippen LogP contribution >= 0.6 is 0 Å². The maximum Gasteiger partial charge on any atom is 0.281 e. The van der Waals surface area contributed by atoms with Crippen molar-refractivity contribution >= 4 is 10.2 Å². The lowest BCUT2D eigenvalue weighted by Crippen LogP contribution is -2.46. The first-order chi connectivity index (χ1) is 8.57. The van der Waals surface area contributed by atoms with Crippen molar-refractivity contribution in [2.24, 2.45) is 11.8 Å². The molecule has 0 amide bonds. The molecule has 1 N–H and O–H groups in total. The van der Waals surface area contributed by atoms with Gasteiger partial charge in [0.2, 0.25) is 0 Å². The minimum atomic E-state index is -3.25. The molecular weight excluding hydrogens is 252 g/mol. The summed E-state index contributed by atoms with van der Waals surface area (Å²) in [6, 6.07) is 0. The van der Waals surface area contributed by atoms with Crippen LogP contribution in [-0.2, 0) is 10.2 Å². The molecule has 0 saturated carbocycles. The van der Waals surface area contributed by atoms with E-state index in [0.717, 1.165) is 25.7 Å². The van der Waals surface area contributed by atoms with E-state index in [-0.39, 0.29) is 12.5 Å². The van der Waals surface area contributed by atoms with Crippen molar-refractivity contribution in [1.29, 1.82) is 0 Å². The van der Waals surface area contributed by atoms with Gasteiger partial charge in [0.25, 0.3) is 10.2 Å². The molecule has 0 aromatic heterocycles. The summed E-state index contributed by atoms with van der Waals surface area (Å²) in [5, 5.41) is 9.08. The fraction of sp³-hybridized carbons (Fsp3) is 1.00. The average Bonchev–Trinajstić information content (AvgIpc) is 2.88. The van der Waals surface area contributed by atoms with Crippen LogP contribution in [0.3, 0.4) is 0 Å². The van der Waals surface area contributed by atoms with Crippen LogP contribution in [0.4, 0.5) is 0 Å². The molecule has 0 aliphatic carbocycles. The predicted octanol–water partition coefficient (Wildman–Crippen LogP) is 0.667. The van der Waals surface area contributed by atoms with Gasteiger partial charge in [-0.25, -0.2) is 0 Å². The van der Waals surface area contributed by atoms with Crippen molar-refractivity contribution in [1.82, 2.24) is 8.61 Å². The number of aliphatic hydroxyl groups excluding tert-OH is 1. The zero-order valence-electron chi connectivity index (χ0n) is 11.1. The lowest BCUT2D eigenvalue weighted by atomic mass is 10.00. The van der Waals surface area contributed by atoms with Gasteiger partial charge in [-0.05, 0) is 31.1 Å². The Bertz CT molecular complexity index is 364. The lowest BCUT2D eigenvalue weighted by molar-refractivity contribution is 0.166. The normalized spacial score (nSPS) is 28.9. The van der Waals surface area contributed by atoms with Gasteiger partial charge in [-0.15, -0.1) is 0 Å². The van der Waals surface area contributed by atoms with E-state index in [1.807, 2.05) is 0 Å². The van der Waals surface area contributed by atoms with Crippen molar-refractivity contribution in [2.45, 2.75) is 32.6 Å². The van der Waals surface area contributed by atoms with Crippen LogP contribution in [0.2, 0.25) is 0 Å². The van der Waals surface area contributed by atoms with Crippen molar-refractivity contribution in [2.75, 3.05) is 32.8 Å². The van der Waals surface area contributed by atoms with Gasteiger partial charge in [-0.1, -0.05) is 13.3 Å². The van der Waals surface area contributed by atoms with Crippen molar-refractivity contribution in [3.05, 3.63) is 0 Å². The van der Waals surface area contributed by atoms with E-state index in [9.17, 15) is 8.42 Å². The molecule has 106 valence electrons. The minimum Gasteiger partial charge on any atom is -0.396 e. The molecule has 2 fully saturated rings. The Hall–Kier alpha value is -0.170. The summed E-state index contributed by atoms with van der Waals surface area (Å²) in [6.45, 7) is 4.75. The van der Waals surface area contributed by atoms with E-state index in [2.05, 4.69) is 6.92 Å². The minimum absolute atomic E-state index is 0.176. The summed E-state index contributed by atoms with van der Waals surface area (Å²) in [5.41, 5.74) is 0. The fourth-order valence-corrected chi connectivity index (χ4v) is 4.56.